The Labute approximate surface area is 86.9 Å². The Morgan fingerprint density at radius 1 is 1.27 bits per heavy atom. The number of carbonyl (C=O) groups is 2. The van der Waals surface area contributed by atoms with Gasteiger partial charge in [-0.1, -0.05) is 12.1 Å². The van der Waals surface area contributed by atoms with Crippen molar-refractivity contribution in [2.75, 3.05) is 10.2 Å². The number of hydrogen-bond acceptors (Lipinski definition) is 2. The topological polar surface area (TPSA) is 49.4 Å². The Balaban J connectivity index is 2.16. The molecule has 1 fully saturated rings. The molecule has 1 aromatic rings. The Morgan fingerprint density at radius 3 is 2.93 bits per heavy atom. The molecule has 2 heterocycles. The third-order valence-electron chi connectivity index (χ3n) is 2.94. The zero-order valence-corrected chi connectivity index (χ0v) is 8.06. The van der Waals surface area contributed by atoms with E-state index >= 15 is 0 Å². The highest BCUT2D eigenvalue weighted by Gasteiger charge is 2.41. The molecule has 1 aromatic carbocycles. The van der Waals surface area contributed by atoms with Gasteiger partial charge in [-0.2, -0.15) is 0 Å². The molecule has 3 rings (SSSR count). The van der Waals surface area contributed by atoms with Gasteiger partial charge in [0.25, 0.3) is 0 Å². The first-order chi connectivity index (χ1) is 7.27. The number of para-hydroxylation sites is 2. The molecule has 1 saturated heterocycles. The van der Waals surface area contributed by atoms with Gasteiger partial charge in [-0.25, -0.2) is 0 Å². The van der Waals surface area contributed by atoms with E-state index in [1.807, 2.05) is 24.3 Å². The van der Waals surface area contributed by atoms with E-state index in [4.69, 9.17) is 0 Å². The molecular weight excluding hydrogens is 192 g/mol. The van der Waals surface area contributed by atoms with Gasteiger partial charge in [-0.3, -0.25) is 14.5 Å². The molecule has 15 heavy (non-hydrogen) atoms. The summed E-state index contributed by atoms with van der Waals surface area (Å²) in [6, 6.07) is 7.10. The Bertz CT molecular complexity index is 456. The van der Waals surface area contributed by atoms with Crippen LogP contribution >= 0.6 is 0 Å². The van der Waals surface area contributed by atoms with Crippen LogP contribution in [0, 0.1) is 0 Å². The van der Waals surface area contributed by atoms with Gasteiger partial charge in [0.1, 0.15) is 6.04 Å². The van der Waals surface area contributed by atoms with Crippen LogP contribution < -0.4 is 10.2 Å². The van der Waals surface area contributed by atoms with Crippen LogP contribution in [0.2, 0.25) is 0 Å². The van der Waals surface area contributed by atoms with Gasteiger partial charge in [-0.15, -0.1) is 0 Å². The number of rotatable bonds is 0. The van der Waals surface area contributed by atoms with E-state index in [1.165, 1.54) is 0 Å². The number of nitrogens with zero attached hydrogens (tertiary/aromatic N) is 1. The average Bonchev–Trinajstić information content (AvgIpc) is 2.62. The summed E-state index contributed by atoms with van der Waals surface area (Å²) >= 11 is 0. The summed E-state index contributed by atoms with van der Waals surface area (Å²) in [5.41, 5.74) is 1.55. The molecule has 4 nitrogen and oxygen atoms in total. The first-order valence-corrected chi connectivity index (χ1v) is 4.99. The lowest BCUT2D eigenvalue weighted by Gasteiger charge is -2.31. The van der Waals surface area contributed by atoms with Crippen molar-refractivity contribution >= 4 is 23.2 Å². The summed E-state index contributed by atoms with van der Waals surface area (Å²) in [5.74, 6) is -0.0261. The van der Waals surface area contributed by atoms with Crippen LogP contribution in [0.1, 0.15) is 12.8 Å². The van der Waals surface area contributed by atoms with Gasteiger partial charge in [0.2, 0.25) is 11.8 Å². The normalized spacial score (nSPS) is 23.5. The minimum absolute atomic E-state index is 0.0438. The number of amides is 2. The smallest absolute Gasteiger partial charge is 0.247 e. The maximum absolute atomic E-state index is 11.7. The molecule has 0 spiro atoms. The fourth-order valence-corrected chi connectivity index (χ4v) is 2.24. The van der Waals surface area contributed by atoms with Crippen LogP contribution in [-0.4, -0.2) is 17.9 Å². The van der Waals surface area contributed by atoms with Crippen LogP contribution in [-0.2, 0) is 9.59 Å². The summed E-state index contributed by atoms with van der Waals surface area (Å²) in [4.78, 5) is 25.0. The maximum Gasteiger partial charge on any atom is 0.247 e. The van der Waals surface area contributed by atoms with E-state index in [1.54, 1.807) is 4.90 Å². The zero-order chi connectivity index (χ0) is 10.4. The number of carbonyl (C=O) groups excluding carboxylic acids is 2. The van der Waals surface area contributed by atoms with Crippen molar-refractivity contribution in [2.24, 2.45) is 0 Å². The lowest BCUT2D eigenvalue weighted by atomic mass is 10.1. The van der Waals surface area contributed by atoms with Crippen molar-refractivity contribution in [1.29, 1.82) is 0 Å². The van der Waals surface area contributed by atoms with Gasteiger partial charge in [-0.05, 0) is 18.6 Å². The Hall–Kier alpha value is -1.84. The van der Waals surface area contributed by atoms with Crippen LogP contribution in [0.5, 0.6) is 0 Å². The second kappa shape index (κ2) is 2.82. The Kier molecular flexibility index (Phi) is 1.59. The second-order valence-electron chi connectivity index (χ2n) is 3.82. The van der Waals surface area contributed by atoms with E-state index in [0.717, 1.165) is 11.4 Å². The number of benzene rings is 1. The quantitative estimate of drug-likeness (QED) is 0.685. The molecule has 1 atom stereocenters. The van der Waals surface area contributed by atoms with E-state index < -0.39 is 0 Å². The number of nitrogens with one attached hydrogen (secondary N) is 1. The highest BCUT2D eigenvalue weighted by molar-refractivity contribution is 6.13. The van der Waals surface area contributed by atoms with Crippen molar-refractivity contribution in [2.45, 2.75) is 18.9 Å². The molecule has 0 unspecified atom stereocenters. The van der Waals surface area contributed by atoms with Crippen LogP contribution in [0.3, 0.4) is 0 Å². The van der Waals surface area contributed by atoms with Gasteiger partial charge in [0, 0.05) is 6.42 Å². The average molecular weight is 202 g/mol. The molecule has 0 saturated carbocycles. The molecule has 0 radical (unpaired) electrons. The molecule has 2 amide bonds. The maximum atomic E-state index is 11.7. The lowest BCUT2D eigenvalue weighted by molar-refractivity contribution is -0.120. The molecular formula is C11H10N2O2. The van der Waals surface area contributed by atoms with Crippen molar-refractivity contribution in [3.05, 3.63) is 24.3 Å². The third kappa shape index (κ3) is 1.08. The van der Waals surface area contributed by atoms with E-state index in [2.05, 4.69) is 5.32 Å². The molecule has 0 bridgehead atoms. The molecule has 2 aliphatic rings. The molecule has 76 valence electrons. The molecule has 0 aromatic heterocycles. The number of anilines is 2. The summed E-state index contributed by atoms with van der Waals surface area (Å²) < 4.78 is 0. The van der Waals surface area contributed by atoms with E-state index in [0.29, 0.717) is 12.8 Å². The predicted octanol–water partition coefficient (Wildman–Crippen LogP) is 1.13. The molecule has 0 aliphatic carbocycles. The minimum Gasteiger partial charge on any atom is -0.322 e. The molecule has 4 heteroatoms. The summed E-state index contributed by atoms with van der Waals surface area (Å²) in [7, 11) is 0. The second-order valence-corrected chi connectivity index (χ2v) is 3.82. The summed E-state index contributed by atoms with van der Waals surface area (Å²) in [6.07, 6.45) is 1.09. The number of hydrogen-bond donors (Lipinski definition) is 1. The standard InChI is InChI=1S/C11H10N2O2/c14-10-6-5-9-11(15)12-7-3-1-2-4-8(7)13(9)10/h1-4,9H,5-6H2,(H,12,15)/t9-/m0/s1. The van der Waals surface area contributed by atoms with Gasteiger partial charge in [0.15, 0.2) is 0 Å². The fourth-order valence-electron chi connectivity index (χ4n) is 2.24. The largest absolute Gasteiger partial charge is 0.322 e. The lowest BCUT2D eigenvalue weighted by Crippen LogP contribution is -2.45. The van der Waals surface area contributed by atoms with Crippen molar-refractivity contribution in [1.82, 2.24) is 0 Å². The first-order valence-electron chi connectivity index (χ1n) is 4.99. The highest BCUT2D eigenvalue weighted by atomic mass is 16.2. The molecule has 1 N–H and O–H groups in total. The third-order valence-corrected chi connectivity index (χ3v) is 2.94. The van der Waals surface area contributed by atoms with Crippen LogP contribution in [0.4, 0.5) is 11.4 Å². The van der Waals surface area contributed by atoms with Crippen molar-refractivity contribution < 1.29 is 9.59 Å². The zero-order valence-electron chi connectivity index (χ0n) is 8.06. The van der Waals surface area contributed by atoms with Gasteiger partial charge < -0.3 is 5.32 Å². The van der Waals surface area contributed by atoms with Crippen LogP contribution in [0.25, 0.3) is 0 Å². The molecule has 2 aliphatic heterocycles. The van der Waals surface area contributed by atoms with Gasteiger partial charge in [0.05, 0.1) is 11.4 Å². The van der Waals surface area contributed by atoms with Crippen molar-refractivity contribution in [3.63, 3.8) is 0 Å². The van der Waals surface area contributed by atoms with E-state index in [9.17, 15) is 9.59 Å². The minimum atomic E-state index is -0.299. The fraction of sp³-hybridized carbons (Fsp3) is 0.273. The van der Waals surface area contributed by atoms with Gasteiger partial charge >= 0.3 is 0 Å². The summed E-state index contributed by atoms with van der Waals surface area (Å²) in [5, 5.41) is 2.82. The van der Waals surface area contributed by atoms with Crippen molar-refractivity contribution in [3.8, 4) is 0 Å². The monoisotopic (exact) mass is 202 g/mol. The first kappa shape index (κ1) is 8.47. The SMILES string of the molecule is O=C1Nc2ccccc2N2C(=O)CC[C@@H]12. The number of fused-ring (bicyclic) bond motifs is 3. The Morgan fingerprint density at radius 2 is 2.07 bits per heavy atom. The van der Waals surface area contributed by atoms with E-state index in [-0.39, 0.29) is 17.9 Å². The highest BCUT2D eigenvalue weighted by Crippen LogP contribution is 2.36. The van der Waals surface area contributed by atoms with Crippen LogP contribution in [0.15, 0.2) is 24.3 Å². The predicted molar refractivity (Wildman–Crippen MR) is 55.6 cm³/mol. The summed E-state index contributed by atoms with van der Waals surface area (Å²) in [6.45, 7) is 0.